The minimum absolute atomic E-state index is 0.226. The molecular weight excluding hydrogens is 216 g/mol. The number of halogens is 1. The van der Waals surface area contributed by atoms with E-state index in [0.29, 0.717) is 0 Å². The molecule has 0 aliphatic heterocycles. The molecule has 0 heterocycles. The predicted molar refractivity (Wildman–Crippen MR) is 55.2 cm³/mol. The van der Waals surface area contributed by atoms with Gasteiger partial charge in [0.1, 0.15) is 0 Å². The van der Waals surface area contributed by atoms with Gasteiger partial charge in [0.05, 0.1) is 6.61 Å². The first kappa shape index (κ1) is 10.3. The van der Waals surface area contributed by atoms with Crippen LogP contribution in [0.25, 0.3) is 0 Å². The fourth-order valence-corrected chi connectivity index (χ4v) is 2.25. The standard InChI is InChI=1S/C10H17BrO/c1-7(2)8-3-4-10(11)9(5-8)6-12/h7-8,12H,3-6H2,1-2H3. The maximum atomic E-state index is 9.07. The summed E-state index contributed by atoms with van der Waals surface area (Å²) in [7, 11) is 0. The zero-order valence-electron chi connectivity index (χ0n) is 7.81. The van der Waals surface area contributed by atoms with Crippen molar-refractivity contribution in [3.8, 4) is 0 Å². The van der Waals surface area contributed by atoms with Gasteiger partial charge in [0.15, 0.2) is 0 Å². The lowest BCUT2D eigenvalue weighted by Crippen LogP contribution is -2.15. The first-order valence-corrected chi connectivity index (χ1v) is 5.41. The number of rotatable bonds is 2. The van der Waals surface area contributed by atoms with Crippen LogP contribution >= 0.6 is 15.9 Å². The zero-order chi connectivity index (χ0) is 9.14. The van der Waals surface area contributed by atoms with Gasteiger partial charge in [-0.1, -0.05) is 29.8 Å². The van der Waals surface area contributed by atoms with Crippen molar-refractivity contribution in [1.29, 1.82) is 0 Å². The van der Waals surface area contributed by atoms with Crippen LogP contribution in [0.5, 0.6) is 0 Å². The predicted octanol–water partition coefficient (Wildman–Crippen LogP) is 3.08. The van der Waals surface area contributed by atoms with Gasteiger partial charge in [-0.15, -0.1) is 0 Å². The second-order valence-corrected chi connectivity index (χ2v) is 4.87. The Morgan fingerprint density at radius 2 is 2.25 bits per heavy atom. The minimum Gasteiger partial charge on any atom is -0.392 e. The second-order valence-electron chi connectivity index (χ2n) is 3.91. The largest absolute Gasteiger partial charge is 0.392 e. The number of aliphatic hydroxyl groups excluding tert-OH is 1. The van der Waals surface area contributed by atoms with Crippen molar-refractivity contribution in [2.45, 2.75) is 33.1 Å². The molecule has 0 saturated heterocycles. The molecule has 1 aliphatic carbocycles. The summed E-state index contributed by atoms with van der Waals surface area (Å²) >= 11 is 3.51. The Kier molecular flexibility index (Phi) is 3.78. The van der Waals surface area contributed by atoms with Crippen LogP contribution in [0.2, 0.25) is 0 Å². The Balaban J connectivity index is 2.61. The molecule has 1 nitrogen and oxygen atoms in total. The van der Waals surface area contributed by atoms with E-state index in [9.17, 15) is 0 Å². The summed E-state index contributed by atoms with van der Waals surface area (Å²) in [6.07, 6.45) is 3.45. The van der Waals surface area contributed by atoms with Crippen LogP contribution in [-0.2, 0) is 0 Å². The van der Waals surface area contributed by atoms with E-state index >= 15 is 0 Å². The summed E-state index contributed by atoms with van der Waals surface area (Å²) in [5.41, 5.74) is 1.21. The molecule has 0 aromatic heterocycles. The van der Waals surface area contributed by atoms with E-state index in [-0.39, 0.29) is 6.61 Å². The Morgan fingerprint density at radius 3 is 2.75 bits per heavy atom. The fourth-order valence-electron chi connectivity index (χ4n) is 1.74. The third kappa shape index (κ3) is 2.33. The van der Waals surface area contributed by atoms with Crippen LogP contribution in [-0.4, -0.2) is 11.7 Å². The smallest absolute Gasteiger partial charge is 0.0652 e. The van der Waals surface area contributed by atoms with E-state index in [1.54, 1.807) is 0 Å². The van der Waals surface area contributed by atoms with Crippen LogP contribution in [0.4, 0.5) is 0 Å². The Bertz CT molecular complexity index is 184. The normalized spacial score (nSPS) is 25.2. The summed E-state index contributed by atoms with van der Waals surface area (Å²) in [5, 5.41) is 9.07. The molecule has 1 rings (SSSR count). The average molecular weight is 233 g/mol. The fraction of sp³-hybridized carbons (Fsp3) is 0.800. The summed E-state index contributed by atoms with van der Waals surface area (Å²) in [6, 6.07) is 0. The minimum atomic E-state index is 0.226. The number of aliphatic hydroxyl groups is 1. The van der Waals surface area contributed by atoms with Gasteiger partial charge in [-0.05, 0) is 41.2 Å². The Labute approximate surface area is 83.0 Å². The third-order valence-corrected chi connectivity index (χ3v) is 3.72. The van der Waals surface area contributed by atoms with Crippen molar-refractivity contribution in [3.05, 3.63) is 10.1 Å². The molecule has 2 heteroatoms. The van der Waals surface area contributed by atoms with Gasteiger partial charge < -0.3 is 5.11 Å². The van der Waals surface area contributed by atoms with Crippen LogP contribution in [0.15, 0.2) is 10.1 Å². The van der Waals surface area contributed by atoms with E-state index in [1.807, 2.05) is 0 Å². The van der Waals surface area contributed by atoms with Crippen LogP contribution in [0.3, 0.4) is 0 Å². The zero-order valence-corrected chi connectivity index (χ0v) is 9.39. The topological polar surface area (TPSA) is 20.2 Å². The molecule has 0 amide bonds. The quantitative estimate of drug-likeness (QED) is 0.777. The highest BCUT2D eigenvalue weighted by Gasteiger charge is 2.21. The summed E-state index contributed by atoms with van der Waals surface area (Å²) in [4.78, 5) is 0. The van der Waals surface area contributed by atoms with E-state index in [2.05, 4.69) is 29.8 Å². The van der Waals surface area contributed by atoms with Gasteiger partial charge >= 0.3 is 0 Å². The molecule has 12 heavy (non-hydrogen) atoms. The Morgan fingerprint density at radius 1 is 1.58 bits per heavy atom. The summed E-state index contributed by atoms with van der Waals surface area (Å²) < 4.78 is 1.24. The monoisotopic (exact) mass is 232 g/mol. The van der Waals surface area contributed by atoms with E-state index < -0.39 is 0 Å². The summed E-state index contributed by atoms with van der Waals surface area (Å²) in [6.45, 7) is 4.75. The van der Waals surface area contributed by atoms with Crippen molar-refractivity contribution in [3.63, 3.8) is 0 Å². The first-order chi connectivity index (χ1) is 5.65. The molecule has 1 unspecified atom stereocenters. The van der Waals surface area contributed by atoms with Gasteiger partial charge in [-0.3, -0.25) is 0 Å². The lowest BCUT2D eigenvalue weighted by molar-refractivity contribution is 0.288. The molecule has 0 spiro atoms. The van der Waals surface area contributed by atoms with Crippen molar-refractivity contribution < 1.29 is 5.11 Å². The number of hydrogen-bond donors (Lipinski definition) is 1. The van der Waals surface area contributed by atoms with Gasteiger partial charge in [0.2, 0.25) is 0 Å². The van der Waals surface area contributed by atoms with Gasteiger partial charge in [-0.25, -0.2) is 0 Å². The maximum Gasteiger partial charge on any atom is 0.0652 e. The second kappa shape index (κ2) is 4.43. The van der Waals surface area contributed by atoms with Gasteiger partial charge in [0.25, 0.3) is 0 Å². The SMILES string of the molecule is CC(C)C1CCC(Br)=C(CO)C1. The number of allylic oxidation sites excluding steroid dienone is 1. The van der Waals surface area contributed by atoms with Crippen molar-refractivity contribution in [2.24, 2.45) is 11.8 Å². The van der Waals surface area contributed by atoms with Crippen molar-refractivity contribution >= 4 is 15.9 Å². The molecule has 70 valence electrons. The molecule has 0 aromatic carbocycles. The molecule has 1 atom stereocenters. The molecule has 0 radical (unpaired) electrons. The third-order valence-electron chi connectivity index (χ3n) is 2.76. The average Bonchev–Trinajstić information content (AvgIpc) is 2.05. The molecular formula is C10H17BrO. The van der Waals surface area contributed by atoms with E-state index in [1.165, 1.54) is 16.5 Å². The van der Waals surface area contributed by atoms with E-state index in [0.717, 1.165) is 24.7 Å². The molecule has 0 aromatic rings. The molecule has 1 N–H and O–H groups in total. The van der Waals surface area contributed by atoms with Gasteiger partial charge in [0, 0.05) is 0 Å². The molecule has 0 saturated carbocycles. The van der Waals surface area contributed by atoms with Gasteiger partial charge in [-0.2, -0.15) is 0 Å². The van der Waals surface area contributed by atoms with Crippen molar-refractivity contribution in [1.82, 2.24) is 0 Å². The first-order valence-electron chi connectivity index (χ1n) is 4.62. The maximum absolute atomic E-state index is 9.07. The highest BCUT2D eigenvalue weighted by molar-refractivity contribution is 9.11. The lowest BCUT2D eigenvalue weighted by atomic mass is 9.82. The highest BCUT2D eigenvalue weighted by atomic mass is 79.9. The molecule has 0 bridgehead atoms. The highest BCUT2D eigenvalue weighted by Crippen LogP contribution is 2.35. The lowest BCUT2D eigenvalue weighted by Gasteiger charge is -2.27. The Hall–Kier alpha value is 0.180. The molecule has 1 aliphatic rings. The van der Waals surface area contributed by atoms with Crippen LogP contribution in [0, 0.1) is 11.8 Å². The van der Waals surface area contributed by atoms with Crippen LogP contribution in [0.1, 0.15) is 33.1 Å². The van der Waals surface area contributed by atoms with Crippen LogP contribution < -0.4 is 0 Å². The molecule has 0 fully saturated rings. The van der Waals surface area contributed by atoms with E-state index in [4.69, 9.17) is 5.11 Å². The van der Waals surface area contributed by atoms with Crippen molar-refractivity contribution in [2.75, 3.05) is 6.61 Å². The number of hydrogen-bond acceptors (Lipinski definition) is 1. The summed E-state index contributed by atoms with van der Waals surface area (Å²) in [5.74, 6) is 1.51.